The van der Waals surface area contributed by atoms with Gasteiger partial charge in [-0.1, -0.05) is 60.3 Å². The molecule has 3 rings (SSSR count). The molecule has 8 heteroatoms. The molecule has 0 unspecified atom stereocenters. The van der Waals surface area contributed by atoms with E-state index in [1.54, 1.807) is 50.2 Å². The van der Waals surface area contributed by atoms with Crippen molar-refractivity contribution < 1.29 is 17.9 Å². The number of sulfone groups is 1. The van der Waals surface area contributed by atoms with Crippen LogP contribution in [-0.4, -0.2) is 36.2 Å². The van der Waals surface area contributed by atoms with Gasteiger partial charge in [-0.2, -0.15) is 0 Å². The lowest BCUT2D eigenvalue weighted by Crippen LogP contribution is -2.17. The molecule has 1 aromatic heterocycles. The van der Waals surface area contributed by atoms with Crippen LogP contribution in [0, 0.1) is 0 Å². The third kappa shape index (κ3) is 5.67. The molecule has 0 aliphatic carbocycles. The van der Waals surface area contributed by atoms with E-state index in [0.717, 1.165) is 5.56 Å². The van der Waals surface area contributed by atoms with Crippen molar-refractivity contribution in [3.05, 3.63) is 72.4 Å². The molecular weight excluding hydrogens is 420 g/mol. The molecule has 0 aliphatic heterocycles. The van der Waals surface area contributed by atoms with Gasteiger partial charge in [0.2, 0.25) is 0 Å². The molecule has 0 saturated heterocycles. The largest absolute Gasteiger partial charge is 0.465 e. The molecular formula is C22H22N2O4S2. The topological polar surface area (TPSA) is 86.2 Å². The zero-order valence-corrected chi connectivity index (χ0v) is 18.3. The summed E-state index contributed by atoms with van der Waals surface area (Å²) in [4.78, 5) is 21.3. The van der Waals surface area contributed by atoms with E-state index < -0.39 is 15.1 Å². The second kappa shape index (κ2) is 9.86. The van der Waals surface area contributed by atoms with Gasteiger partial charge in [-0.25, -0.2) is 18.4 Å². The number of hydrogen-bond acceptors (Lipinski definition) is 7. The summed E-state index contributed by atoms with van der Waals surface area (Å²) in [6, 6.07) is 19.2. The maximum Gasteiger partial charge on any atom is 0.319 e. The number of ether oxygens (including phenoxy) is 1. The average Bonchev–Trinajstić information content (AvgIpc) is 2.74. The Balaban J connectivity index is 1.97. The highest BCUT2D eigenvalue weighted by Crippen LogP contribution is 2.27. The van der Waals surface area contributed by atoms with Crippen molar-refractivity contribution >= 4 is 27.6 Å². The smallest absolute Gasteiger partial charge is 0.319 e. The molecule has 0 spiro atoms. The van der Waals surface area contributed by atoms with Crippen LogP contribution in [-0.2, 0) is 25.1 Å². The van der Waals surface area contributed by atoms with E-state index in [-0.39, 0.29) is 16.6 Å². The van der Waals surface area contributed by atoms with E-state index >= 15 is 0 Å². The third-order valence-electron chi connectivity index (χ3n) is 4.14. The van der Waals surface area contributed by atoms with E-state index in [1.165, 1.54) is 11.8 Å². The number of nitrogens with zero attached hydrogens (tertiary/aromatic N) is 2. The second-order valence-electron chi connectivity index (χ2n) is 6.47. The zero-order chi connectivity index (χ0) is 21.6. The molecule has 0 amide bonds. The SMILES string of the molecule is CCOC(=O)[C@@H](C)Sc1cc(CS(=O)(=O)c2ccccc2)nc(-c2ccccc2)n1. The molecule has 0 bridgehead atoms. The zero-order valence-electron chi connectivity index (χ0n) is 16.7. The first-order chi connectivity index (χ1) is 14.4. The summed E-state index contributed by atoms with van der Waals surface area (Å²) in [6.45, 7) is 3.77. The number of hydrogen-bond donors (Lipinski definition) is 0. The quantitative estimate of drug-likeness (QED) is 0.294. The predicted octanol–water partition coefficient (Wildman–Crippen LogP) is 4.16. The van der Waals surface area contributed by atoms with Gasteiger partial charge in [0.25, 0.3) is 0 Å². The lowest BCUT2D eigenvalue weighted by atomic mass is 10.2. The van der Waals surface area contributed by atoms with Crippen molar-refractivity contribution in [3.63, 3.8) is 0 Å². The van der Waals surface area contributed by atoms with E-state index in [9.17, 15) is 13.2 Å². The van der Waals surface area contributed by atoms with Gasteiger partial charge in [0.05, 0.1) is 22.9 Å². The van der Waals surface area contributed by atoms with Gasteiger partial charge < -0.3 is 4.74 Å². The summed E-state index contributed by atoms with van der Waals surface area (Å²) in [5, 5.41) is 0.0321. The number of aromatic nitrogens is 2. The fraction of sp³-hybridized carbons (Fsp3) is 0.227. The monoisotopic (exact) mass is 442 g/mol. The molecule has 0 radical (unpaired) electrons. The Hall–Kier alpha value is -2.71. The summed E-state index contributed by atoms with van der Waals surface area (Å²) in [5.74, 6) is -0.198. The van der Waals surface area contributed by atoms with Crippen LogP contribution >= 0.6 is 11.8 Å². The first kappa shape index (κ1) is 22.0. The summed E-state index contributed by atoms with van der Waals surface area (Å²) in [6.07, 6.45) is 0. The fourth-order valence-electron chi connectivity index (χ4n) is 2.72. The number of thioether (sulfide) groups is 1. The van der Waals surface area contributed by atoms with Gasteiger partial charge >= 0.3 is 5.97 Å². The highest BCUT2D eigenvalue weighted by atomic mass is 32.2. The lowest BCUT2D eigenvalue weighted by Gasteiger charge is -2.12. The van der Waals surface area contributed by atoms with Crippen LogP contribution in [0.3, 0.4) is 0 Å². The molecule has 0 N–H and O–H groups in total. The molecule has 3 aromatic rings. The predicted molar refractivity (Wildman–Crippen MR) is 117 cm³/mol. The van der Waals surface area contributed by atoms with E-state index in [1.807, 2.05) is 30.3 Å². The molecule has 1 heterocycles. The minimum Gasteiger partial charge on any atom is -0.465 e. The number of esters is 1. The maximum atomic E-state index is 12.8. The number of benzene rings is 2. The molecule has 2 aromatic carbocycles. The maximum absolute atomic E-state index is 12.8. The molecule has 156 valence electrons. The molecule has 1 atom stereocenters. The van der Waals surface area contributed by atoms with Crippen LogP contribution in [0.1, 0.15) is 19.5 Å². The Morgan fingerprint density at radius 2 is 1.67 bits per heavy atom. The van der Waals surface area contributed by atoms with Crippen molar-refractivity contribution in [1.29, 1.82) is 0 Å². The highest BCUT2D eigenvalue weighted by Gasteiger charge is 2.21. The molecule has 0 aliphatic rings. The van der Waals surface area contributed by atoms with Gasteiger partial charge in [-0.05, 0) is 32.0 Å². The number of rotatable bonds is 8. The van der Waals surface area contributed by atoms with Crippen LogP contribution in [0.5, 0.6) is 0 Å². The van der Waals surface area contributed by atoms with Gasteiger partial charge in [0.15, 0.2) is 15.7 Å². The molecule has 0 fully saturated rings. The standard InChI is InChI=1S/C22H22N2O4S2/c1-3-28-22(25)16(2)29-20-14-18(15-30(26,27)19-12-8-5-9-13-19)23-21(24-20)17-10-6-4-7-11-17/h4-14,16H,3,15H2,1-2H3/t16-/m1/s1. The Kier molecular flexibility index (Phi) is 7.23. The highest BCUT2D eigenvalue weighted by molar-refractivity contribution is 8.00. The van der Waals surface area contributed by atoms with Crippen molar-refractivity contribution in [2.45, 2.75) is 34.8 Å². The van der Waals surface area contributed by atoms with Gasteiger partial charge in [0, 0.05) is 5.56 Å². The van der Waals surface area contributed by atoms with E-state index in [2.05, 4.69) is 9.97 Å². The Labute approximate surface area is 180 Å². The van der Waals surface area contributed by atoms with Crippen LogP contribution in [0.25, 0.3) is 11.4 Å². The molecule has 6 nitrogen and oxygen atoms in total. The van der Waals surface area contributed by atoms with E-state index in [4.69, 9.17) is 4.74 Å². The number of carbonyl (C=O) groups is 1. The first-order valence-corrected chi connectivity index (χ1v) is 12.0. The summed E-state index contributed by atoms with van der Waals surface area (Å²) >= 11 is 1.22. The van der Waals surface area contributed by atoms with Crippen LogP contribution in [0.2, 0.25) is 0 Å². The summed E-state index contributed by atoms with van der Waals surface area (Å²) in [7, 11) is -3.57. The minimum atomic E-state index is -3.57. The van der Waals surface area contributed by atoms with E-state index in [0.29, 0.717) is 23.2 Å². The average molecular weight is 443 g/mol. The Morgan fingerprint density at radius 1 is 1.03 bits per heavy atom. The van der Waals surface area contributed by atoms with Crippen molar-refractivity contribution in [3.8, 4) is 11.4 Å². The summed E-state index contributed by atoms with van der Waals surface area (Å²) in [5.41, 5.74) is 1.13. The Morgan fingerprint density at radius 3 is 2.30 bits per heavy atom. The van der Waals surface area contributed by atoms with Gasteiger partial charge in [-0.15, -0.1) is 0 Å². The van der Waals surface area contributed by atoms with Crippen LogP contribution < -0.4 is 0 Å². The van der Waals surface area contributed by atoms with Gasteiger partial charge in [0.1, 0.15) is 10.3 Å². The second-order valence-corrected chi connectivity index (χ2v) is 9.82. The van der Waals surface area contributed by atoms with Crippen LogP contribution in [0.4, 0.5) is 0 Å². The third-order valence-corrected chi connectivity index (χ3v) is 6.81. The van der Waals surface area contributed by atoms with Crippen molar-refractivity contribution in [2.24, 2.45) is 0 Å². The lowest BCUT2D eigenvalue weighted by molar-refractivity contribution is -0.142. The normalized spacial score (nSPS) is 12.3. The molecule has 0 saturated carbocycles. The van der Waals surface area contributed by atoms with Crippen LogP contribution in [0.15, 0.2) is 76.7 Å². The van der Waals surface area contributed by atoms with Crippen molar-refractivity contribution in [2.75, 3.05) is 6.61 Å². The molecule has 30 heavy (non-hydrogen) atoms. The minimum absolute atomic E-state index is 0.235. The Bertz CT molecular complexity index is 1100. The van der Waals surface area contributed by atoms with Crippen molar-refractivity contribution in [1.82, 2.24) is 9.97 Å². The first-order valence-electron chi connectivity index (χ1n) is 9.43. The van der Waals surface area contributed by atoms with Gasteiger partial charge in [-0.3, -0.25) is 4.79 Å². The fourth-order valence-corrected chi connectivity index (χ4v) is 4.86. The number of carbonyl (C=O) groups excluding carboxylic acids is 1. The summed E-state index contributed by atoms with van der Waals surface area (Å²) < 4.78 is 30.7.